The van der Waals surface area contributed by atoms with E-state index in [4.69, 9.17) is 0 Å². The first-order valence-corrected chi connectivity index (χ1v) is 5.43. The predicted molar refractivity (Wildman–Crippen MR) is 62.6 cm³/mol. The van der Waals surface area contributed by atoms with Gasteiger partial charge in [-0.2, -0.15) is 5.21 Å². The van der Waals surface area contributed by atoms with Crippen molar-refractivity contribution < 1.29 is 4.79 Å². The number of amides is 1. The normalized spacial score (nSPS) is 10.2. The molecule has 0 fully saturated rings. The first-order valence-electron chi connectivity index (χ1n) is 5.43. The molecule has 0 saturated carbocycles. The van der Waals surface area contributed by atoms with Crippen LogP contribution < -0.4 is 5.32 Å². The highest BCUT2D eigenvalue weighted by Crippen LogP contribution is 2.11. The van der Waals surface area contributed by atoms with Crippen molar-refractivity contribution in [2.24, 2.45) is 0 Å². The van der Waals surface area contributed by atoms with Gasteiger partial charge in [0.1, 0.15) is 0 Å². The maximum absolute atomic E-state index is 11.6. The summed E-state index contributed by atoms with van der Waals surface area (Å²) in [6.07, 6.45) is 2.15. The number of nitrogens with zero attached hydrogens (tertiary/aromatic N) is 3. The van der Waals surface area contributed by atoms with E-state index in [1.54, 1.807) is 0 Å². The standard InChI is InChI=1S/C11H13N5O/c1-2-3-8-4-6-9(7-5-8)12-11(17)10-13-15-16-14-10/h4-7H,2-3H2,1H3,(H,12,17)(H,13,14,15,16). The molecule has 1 amide bonds. The smallest absolute Gasteiger partial charge is 0.297 e. The molecule has 6 heteroatoms. The molecular weight excluding hydrogens is 218 g/mol. The number of H-pyrrole nitrogens is 1. The van der Waals surface area contributed by atoms with E-state index in [1.807, 2.05) is 24.3 Å². The number of hydrogen-bond donors (Lipinski definition) is 2. The Labute approximate surface area is 98.4 Å². The highest BCUT2D eigenvalue weighted by Gasteiger charge is 2.10. The fourth-order valence-corrected chi connectivity index (χ4v) is 1.49. The van der Waals surface area contributed by atoms with Gasteiger partial charge in [-0.15, -0.1) is 10.2 Å². The summed E-state index contributed by atoms with van der Waals surface area (Å²) in [7, 11) is 0. The van der Waals surface area contributed by atoms with E-state index in [2.05, 4.69) is 32.9 Å². The van der Waals surface area contributed by atoms with E-state index in [9.17, 15) is 4.79 Å². The molecule has 0 radical (unpaired) electrons. The Bertz CT molecular complexity index is 477. The Kier molecular flexibility index (Phi) is 3.44. The van der Waals surface area contributed by atoms with Crippen LogP contribution in [0.1, 0.15) is 29.5 Å². The van der Waals surface area contributed by atoms with E-state index in [-0.39, 0.29) is 11.7 Å². The number of carbonyl (C=O) groups excluding carboxylic acids is 1. The molecule has 0 unspecified atom stereocenters. The van der Waals surface area contributed by atoms with E-state index >= 15 is 0 Å². The fraction of sp³-hybridized carbons (Fsp3) is 0.273. The van der Waals surface area contributed by atoms with Gasteiger partial charge in [-0.05, 0) is 29.3 Å². The highest BCUT2D eigenvalue weighted by atomic mass is 16.2. The van der Waals surface area contributed by atoms with Gasteiger partial charge in [0.2, 0.25) is 0 Å². The van der Waals surface area contributed by atoms with Crippen molar-refractivity contribution >= 4 is 11.6 Å². The van der Waals surface area contributed by atoms with Crippen LogP contribution in [-0.4, -0.2) is 26.5 Å². The van der Waals surface area contributed by atoms with Gasteiger partial charge in [0.15, 0.2) is 0 Å². The Morgan fingerprint density at radius 2 is 2.12 bits per heavy atom. The van der Waals surface area contributed by atoms with Crippen LogP contribution in [-0.2, 0) is 6.42 Å². The number of benzene rings is 1. The van der Waals surface area contributed by atoms with E-state index in [1.165, 1.54) is 5.56 Å². The summed E-state index contributed by atoms with van der Waals surface area (Å²) in [4.78, 5) is 11.6. The number of aromatic nitrogens is 4. The van der Waals surface area contributed by atoms with Gasteiger partial charge in [0, 0.05) is 5.69 Å². The average Bonchev–Trinajstić information content (AvgIpc) is 2.86. The van der Waals surface area contributed by atoms with Crippen molar-refractivity contribution in [2.45, 2.75) is 19.8 Å². The Balaban J connectivity index is 2.01. The summed E-state index contributed by atoms with van der Waals surface area (Å²) >= 11 is 0. The zero-order valence-corrected chi connectivity index (χ0v) is 9.47. The minimum absolute atomic E-state index is 0.0302. The fourth-order valence-electron chi connectivity index (χ4n) is 1.49. The molecule has 2 N–H and O–H groups in total. The maximum Gasteiger partial charge on any atom is 0.297 e. The molecule has 6 nitrogen and oxygen atoms in total. The van der Waals surface area contributed by atoms with Crippen LogP contribution in [0.25, 0.3) is 0 Å². The second-order valence-electron chi connectivity index (χ2n) is 3.64. The zero-order chi connectivity index (χ0) is 12.1. The minimum Gasteiger partial charge on any atom is -0.319 e. The van der Waals surface area contributed by atoms with Crippen LogP contribution >= 0.6 is 0 Å². The van der Waals surface area contributed by atoms with Gasteiger partial charge in [0.25, 0.3) is 11.7 Å². The summed E-state index contributed by atoms with van der Waals surface area (Å²) in [5, 5.41) is 15.4. The number of rotatable bonds is 4. The van der Waals surface area contributed by atoms with Crippen LogP contribution in [0.2, 0.25) is 0 Å². The molecule has 0 aliphatic rings. The molecule has 1 heterocycles. The van der Waals surface area contributed by atoms with Crippen molar-refractivity contribution in [3.63, 3.8) is 0 Å². The minimum atomic E-state index is -0.373. The summed E-state index contributed by atoms with van der Waals surface area (Å²) in [5.74, 6) is -0.343. The summed E-state index contributed by atoms with van der Waals surface area (Å²) in [6.45, 7) is 2.13. The van der Waals surface area contributed by atoms with Gasteiger partial charge in [-0.3, -0.25) is 4.79 Å². The molecule has 0 aliphatic carbocycles. The third kappa shape index (κ3) is 2.87. The SMILES string of the molecule is CCCc1ccc(NC(=O)c2nn[nH]n2)cc1. The third-order valence-corrected chi connectivity index (χ3v) is 2.30. The van der Waals surface area contributed by atoms with Gasteiger partial charge in [-0.25, -0.2) is 0 Å². The number of aromatic amines is 1. The molecule has 0 atom stereocenters. The molecule has 2 aromatic rings. The topological polar surface area (TPSA) is 83.6 Å². The molecule has 1 aromatic carbocycles. The van der Waals surface area contributed by atoms with Crippen LogP contribution in [0.5, 0.6) is 0 Å². The second kappa shape index (κ2) is 5.20. The summed E-state index contributed by atoms with van der Waals surface area (Å²) in [6, 6.07) is 7.72. The predicted octanol–water partition coefficient (Wildman–Crippen LogP) is 1.40. The molecule has 0 spiro atoms. The number of hydrogen-bond acceptors (Lipinski definition) is 4. The summed E-state index contributed by atoms with van der Waals surface area (Å²) < 4.78 is 0. The zero-order valence-electron chi connectivity index (χ0n) is 9.47. The van der Waals surface area contributed by atoms with E-state index < -0.39 is 0 Å². The number of tetrazole rings is 1. The quantitative estimate of drug-likeness (QED) is 0.833. The number of carbonyl (C=O) groups is 1. The lowest BCUT2D eigenvalue weighted by atomic mass is 10.1. The number of anilines is 1. The van der Waals surface area contributed by atoms with Crippen LogP contribution in [0, 0.1) is 0 Å². The van der Waals surface area contributed by atoms with Crippen LogP contribution in [0.3, 0.4) is 0 Å². The number of aryl methyl sites for hydroxylation is 1. The first kappa shape index (κ1) is 11.3. The third-order valence-electron chi connectivity index (χ3n) is 2.30. The Hall–Kier alpha value is -2.24. The van der Waals surface area contributed by atoms with Crippen molar-refractivity contribution in [3.8, 4) is 0 Å². The van der Waals surface area contributed by atoms with Gasteiger partial charge in [-0.1, -0.05) is 25.5 Å². The molecule has 17 heavy (non-hydrogen) atoms. The Morgan fingerprint density at radius 3 is 2.71 bits per heavy atom. The number of nitrogens with one attached hydrogen (secondary N) is 2. The van der Waals surface area contributed by atoms with Crippen molar-refractivity contribution in [2.75, 3.05) is 5.32 Å². The largest absolute Gasteiger partial charge is 0.319 e. The molecule has 2 rings (SSSR count). The van der Waals surface area contributed by atoms with Gasteiger partial charge >= 0.3 is 0 Å². The molecular formula is C11H13N5O. The second-order valence-corrected chi connectivity index (χ2v) is 3.64. The lowest BCUT2D eigenvalue weighted by Gasteiger charge is -2.03. The van der Waals surface area contributed by atoms with Gasteiger partial charge < -0.3 is 5.32 Å². The Morgan fingerprint density at radius 1 is 1.35 bits per heavy atom. The highest BCUT2D eigenvalue weighted by molar-refractivity contribution is 6.01. The summed E-state index contributed by atoms with van der Waals surface area (Å²) in [5.41, 5.74) is 1.98. The molecule has 0 aliphatic heterocycles. The lowest BCUT2D eigenvalue weighted by Crippen LogP contribution is -2.13. The molecule has 1 aromatic heterocycles. The van der Waals surface area contributed by atoms with E-state index in [0.717, 1.165) is 18.5 Å². The molecule has 88 valence electrons. The molecule has 0 saturated heterocycles. The first-order chi connectivity index (χ1) is 8.29. The lowest BCUT2D eigenvalue weighted by molar-refractivity contribution is 0.101. The monoisotopic (exact) mass is 231 g/mol. The van der Waals surface area contributed by atoms with Crippen molar-refractivity contribution in [1.29, 1.82) is 0 Å². The van der Waals surface area contributed by atoms with Gasteiger partial charge in [0.05, 0.1) is 0 Å². The molecule has 0 bridgehead atoms. The average molecular weight is 231 g/mol. The van der Waals surface area contributed by atoms with Crippen LogP contribution in [0.4, 0.5) is 5.69 Å². The van der Waals surface area contributed by atoms with Crippen LogP contribution in [0.15, 0.2) is 24.3 Å². The van der Waals surface area contributed by atoms with E-state index in [0.29, 0.717) is 0 Å². The maximum atomic E-state index is 11.6. The van der Waals surface area contributed by atoms with Crippen molar-refractivity contribution in [1.82, 2.24) is 20.6 Å². The van der Waals surface area contributed by atoms with Crippen molar-refractivity contribution in [3.05, 3.63) is 35.7 Å².